The minimum atomic E-state index is -0.800. The molecule has 0 spiro atoms. The molecule has 98 valence electrons. The molecule has 1 aromatic heterocycles. The molecule has 0 aliphatic carbocycles. The fraction of sp³-hybridized carbons (Fsp3) is 0.286. The molecule has 0 bridgehead atoms. The Morgan fingerprint density at radius 2 is 2.26 bits per heavy atom. The molecule has 19 heavy (non-hydrogen) atoms. The number of carboxylic acids is 1. The Morgan fingerprint density at radius 3 is 3.05 bits per heavy atom. The summed E-state index contributed by atoms with van der Waals surface area (Å²) in [6.07, 6.45) is 3.22. The van der Waals surface area contributed by atoms with E-state index in [2.05, 4.69) is 4.98 Å². The topological polar surface area (TPSA) is 79.5 Å². The Bertz CT molecular complexity index is 636. The lowest BCUT2D eigenvalue weighted by Crippen LogP contribution is -2.36. The molecular weight excluding hydrogens is 242 g/mol. The number of pyridine rings is 1. The van der Waals surface area contributed by atoms with Crippen LogP contribution in [0.1, 0.15) is 12.8 Å². The van der Waals surface area contributed by atoms with Gasteiger partial charge in [0.25, 0.3) is 0 Å². The van der Waals surface area contributed by atoms with Crippen molar-refractivity contribution < 1.29 is 9.90 Å². The molecule has 0 saturated carbocycles. The van der Waals surface area contributed by atoms with Crippen LogP contribution in [0.15, 0.2) is 30.5 Å². The smallest absolute Gasteiger partial charge is 0.326 e. The number of fused-ring (bicyclic) bond motifs is 1. The first-order chi connectivity index (χ1) is 9.18. The van der Waals surface area contributed by atoms with Crippen LogP contribution in [-0.4, -0.2) is 28.6 Å². The predicted octanol–water partition coefficient (Wildman–Crippen LogP) is 1.87. The van der Waals surface area contributed by atoms with Gasteiger partial charge in [-0.3, -0.25) is 0 Å². The third kappa shape index (κ3) is 1.87. The van der Waals surface area contributed by atoms with Gasteiger partial charge in [-0.15, -0.1) is 0 Å². The second-order valence-electron chi connectivity index (χ2n) is 4.77. The summed E-state index contributed by atoms with van der Waals surface area (Å²) in [5.74, 6) is -0.119. The van der Waals surface area contributed by atoms with E-state index >= 15 is 0 Å². The van der Waals surface area contributed by atoms with Crippen LogP contribution in [0.3, 0.4) is 0 Å². The van der Waals surface area contributed by atoms with E-state index in [4.69, 9.17) is 5.73 Å². The summed E-state index contributed by atoms with van der Waals surface area (Å²) >= 11 is 0. The van der Waals surface area contributed by atoms with Gasteiger partial charge in [0.2, 0.25) is 0 Å². The number of nitrogens with two attached hydrogens (primary N) is 1. The van der Waals surface area contributed by atoms with Crippen molar-refractivity contribution in [1.29, 1.82) is 0 Å². The third-order valence-corrected chi connectivity index (χ3v) is 3.61. The van der Waals surface area contributed by atoms with Crippen molar-refractivity contribution >= 4 is 28.2 Å². The SMILES string of the molecule is Nc1cccc2ccnc(N3CCCC3C(=O)O)c12. The number of anilines is 2. The van der Waals surface area contributed by atoms with Crippen molar-refractivity contribution in [2.75, 3.05) is 17.2 Å². The van der Waals surface area contributed by atoms with Crippen LogP contribution in [0.5, 0.6) is 0 Å². The second-order valence-corrected chi connectivity index (χ2v) is 4.77. The summed E-state index contributed by atoms with van der Waals surface area (Å²) in [7, 11) is 0. The van der Waals surface area contributed by atoms with Crippen LogP contribution in [0.2, 0.25) is 0 Å². The zero-order chi connectivity index (χ0) is 13.4. The number of hydrogen-bond acceptors (Lipinski definition) is 4. The van der Waals surface area contributed by atoms with E-state index in [1.165, 1.54) is 0 Å². The molecular formula is C14H15N3O2. The first kappa shape index (κ1) is 11.8. The average Bonchev–Trinajstić information content (AvgIpc) is 2.87. The quantitative estimate of drug-likeness (QED) is 0.803. The minimum absolute atomic E-state index is 0.502. The van der Waals surface area contributed by atoms with Gasteiger partial charge in [-0.25, -0.2) is 9.78 Å². The molecule has 1 fully saturated rings. The number of nitrogens with zero attached hydrogens (tertiary/aromatic N) is 2. The van der Waals surface area contributed by atoms with E-state index in [1.807, 2.05) is 29.2 Å². The highest BCUT2D eigenvalue weighted by Crippen LogP contribution is 2.33. The van der Waals surface area contributed by atoms with E-state index in [0.717, 1.165) is 17.2 Å². The molecule has 0 radical (unpaired) electrons. The zero-order valence-electron chi connectivity index (χ0n) is 10.4. The highest BCUT2D eigenvalue weighted by molar-refractivity contribution is 6.01. The Balaban J connectivity index is 2.17. The van der Waals surface area contributed by atoms with Crippen molar-refractivity contribution in [3.8, 4) is 0 Å². The fourth-order valence-electron chi connectivity index (χ4n) is 2.73. The minimum Gasteiger partial charge on any atom is -0.480 e. The van der Waals surface area contributed by atoms with E-state index in [9.17, 15) is 9.90 Å². The van der Waals surface area contributed by atoms with Gasteiger partial charge in [-0.1, -0.05) is 12.1 Å². The second kappa shape index (κ2) is 4.42. The summed E-state index contributed by atoms with van der Waals surface area (Å²) in [4.78, 5) is 17.5. The van der Waals surface area contributed by atoms with Crippen molar-refractivity contribution in [3.05, 3.63) is 30.5 Å². The summed E-state index contributed by atoms with van der Waals surface area (Å²) in [6.45, 7) is 0.706. The molecule has 2 aromatic rings. The van der Waals surface area contributed by atoms with Crippen LogP contribution in [-0.2, 0) is 4.79 Å². The third-order valence-electron chi connectivity index (χ3n) is 3.61. The molecule has 1 saturated heterocycles. The van der Waals surface area contributed by atoms with E-state index in [0.29, 0.717) is 24.5 Å². The fourth-order valence-corrected chi connectivity index (χ4v) is 2.73. The lowest BCUT2D eigenvalue weighted by molar-refractivity contribution is -0.138. The molecule has 3 rings (SSSR count). The van der Waals surface area contributed by atoms with Crippen LogP contribution >= 0.6 is 0 Å². The summed E-state index contributed by atoms with van der Waals surface area (Å²) in [5, 5.41) is 11.1. The number of nitrogen functional groups attached to an aromatic ring is 1. The number of benzene rings is 1. The number of carboxylic acid groups (broad SMARTS) is 1. The lowest BCUT2D eigenvalue weighted by atomic mass is 10.1. The molecule has 3 N–H and O–H groups in total. The molecule has 1 aliphatic heterocycles. The number of hydrogen-bond donors (Lipinski definition) is 2. The van der Waals surface area contributed by atoms with Gasteiger partial charge in [0.15, 0.2) is 0 Å². The number of aromatic nitrogens is 1. The summed E-state index contributed by atoms with van der Waals surface area (Å²) in [6, 6.07) is 7.06. The summed E-state index contributed by atoms with van der Waals surface area (Å²) < 4.78 is 0. The van der Waals surface area contributed by atoms with Gasteiger partial charge in [0.1, 0.15) is 11.9 Å². The van der Waals surface area contributed by atoms with E-state index < -0.39 is 12.0 Å². The van der Waals surface area contributed by atoms with Gasteiger partial charge in [0, 0.05) is 23.8 Å². The molecule has 1 unspecified atom stereocenters. The van der Waals surface area contributed by atoms with Gasteiger partial charge < -0.3 is 15.7 Å². The first-order valence-electron chi connectivity index (χ1n) is 6.31. The van der Waals surface area contributed by atoms with E-state index in [-0.39, 0.29) is 0 Å². The van der Waals surface area contributed by atoms with Gasteiger partial charge in [-0.2, -0.15) is 0 Å². The maximum Gasteiger partial charge on any atom is 0.326 e. The molecule has 0 amide bonds. The van der Waals surface area contributed by atoms with Gasteiger partial charge in [-0.05, 0) is 30.4 Å². The highest BCUT2D eigenvalue weighted by Gasteiger charge is 2.32. The average molecular weight is 257 g/mol. The standard InChI is InChI=1S/C14H15N3O2/c15-10-4-1-3-9-6-7-16-13(12(9)10)17-8-2-5-11(17)14(18)19/h1,3-4,6-7,11H,2,5,8,15H2,(H,18,19). The Kier molecular flexibility index (Phi) is 2.74. The van der Waals surface area contributed by atoms with Crippen LogP contribution in [0.25, 0.3) is 10.8 Å². The Hall–Kier alpha value is -2.30. The summed E-state index contributed by atoms with van der Waals surface area (Å²) in [5.41, 5.74) is 6.67. The first-order valence-corrected chi connectivity index (χ1v) is 6.31. The highest BCUT2D eigenvalue weighted by atomic mass is 16.4. The Labute approximate surface area is 110 Å². The molecule has 1 atom stereocenters. The Morgan fingerprint density at radius 1 is 1.42 bits per heavy atom. The number of carbonyl (C=O) groups is 1. The molecule has 2 heterocycles. The predicted molar refractivity (Wildman–Crippen MR) is 74.2 cm³/mol. The monoisotopic (exact) mass is 257 g/mol. The van der Waals surface area contributed by atoms with Gasteiger partial charge in [0.05, 0.1) is 0 Å². The molecule has 5 heteroatoms. The number of aliphatic carboxylic acids is 1. The maximum atomic E-state index is 11.3. The molecule has 5 nitrogen and oxygen atoms in total. The van der Waals surface area contributed by atoms with Crippen molar-refractivity contribution in [2.45, 2.75) is 18.9 Å². The zero-order valence-corrected chi connectivity index (χ0v) is 10.4. The van der Waals surface area contributed by atoms with Crippen molar-refractivity contribution in [2.24, 2.45) is 0 Å². The van der Waals surface area contributed by atoms with Crippen molar-refractivity contribution in [1.82, 2.24) is 4.98 Å². The van der Waals surface area contributed by atoms with Crippen LogP contribution < -0.4 is 10.6 Å². The lowest BCUT2D eigenvalue weighted by Gasteiger charge is -2.24. The maximum absolute atomic E-state index is 11.3. The molecule has 1 aliphatic rings. The van der Waals surface area contributed by atoms with Crippen LogP contribution in [0.4, 0.5) is 11.5 Å². The largest absolute Gasteiger partial charge is 0.480 e. The van der Waals surface area contributed by atoms with Crippen molar-refractivity contribution in [3.63, 3.8) is 0 Å². The normalized spacial score (nSPS) is 18.9. The van der Waals surface area contributed by atoms with E-state index in [1.54, 1.807) is 6.20 Å². The van der Waals surface area contributed by atoms with Gasteiger partial charge >= 0.3 is 5.97 Å². The number of rotatable bonds is 2. The van der Waals surface area contributed by atoms with Crippen LogP contribution in [0, 0.1) is 0 Å². The molecule has 1 aromatic carbocycles.